The molecule has 0 heterocycles. The fraction of sp³-hybridized carbons (Fsp3) is 0.300. The van der Waals surface area contributed by atoms with Crippen molar-refractivity contribution in [3.05, 3.63) is 38.9 Å². The van der Waals surface area contributed by atoms with Crippen LogP contribution in [0.1, 0.15) is 17.3 Å². The Bertz CT molecular complexity index is 450. The van der Waals surface area contributed by atoms with E-state index in [1.54, 1.807) is 6.92 Å². The minimum Gasteiger partial charge on any atom is -0.394 e. The summed E-state index contributed by atoms with van der Waals surface area (Å²) >= 11 is 5.62. The first-order valence-electron chi connectivity index (χ1n) is 4.81. The lowest BCUT2D eigenvalue weighted by Gasteiger charge is -2.10. The Kier molecular flexibility index (Phi) is 4.42. The molecule has 1 aromatic rings. The van der Waals surface area contributed by atoms with E-state index >= 15 is 0 Å². The quantitative estimate of drug-likeness (QED) is 0.630. The van der Waals surface area contributed by atoms with Crippen molar-refractivity contribution in [1.82, 2.24) is 5.32 Å². The molecule has 0 spiro atoms. The molecular formula is C10H11ClN2O4. The van der Waals surface area contributed by atoms with E-state index in [2.05, 4.69) is 5.32 Å². The maximum absolute atomic E-state index is 11.7. The van der Waals surface area contributed by atoms with E-state index in [0.29, 0.717) is 0 Å². The number of carbonyl (C=O) groups is 1. The normalized spacial score (nSPS) is 11.9. The van der Waals surface area contributed by atoms with Gasteiger partial charge in [0.15, 0.2) is 0 Å². The number of nitro benzene ring substituents is 1. The van der Waals surface area contributed by atoms with Gasteiger partial charge in [0.1, 0.15) is 5.56 Å². The van der Waals surface area contributed by atoms with E-state index < -0.39 is 16.9 Å². The van der Waals surface area contributed by atoms with E-state index in [1.165, 1.54) is 12.1 Å². The number of nitrogens with zero attached hydrogens (tertiary/aromatic N) is 1. The van der Waals surface area contributed by atoms with E-state index in [4.69, 9.17) is 16.7 Å². The molecule has 1 aromatic carbocycles. The molecule has 0 aliphatic rings. The van der Waals surface area contributed by atoms with Crippen LogP contribution in [0.3, 0.4) is 0 Å². The molecule has 6 nitrogen and oxygen atoms in total. The Morgan fingerprint density at radius 2 is 2.29 bits per heavy atom. The van der Waals surface area contributed by atoms with Crippen molar-refractivity contribution < 1.29 is 14.8 Å². The lowest BCUT2D eigenvalue weighted by atomic mass is 10.1. The molecule has 1 rings (SSSR count). The van der Waals surface area contributed by atoms with Gasteiger partial charge in [-0.2, -0.15) is 0 Å². The number of aliphatic hydroxyl groups is 1. The number of hydrogen-bond donors (Lipinski definition) is 2. The summed E-state index contributed by atoms with van der Waals surface area (Å²) in [5, 5.41) is 22.1. The van der Waals surface area contributed by atoms with Crippen molar-refractivity contribution in [2.45, 2.75) is 13.0 Å². The van der Waals surface area contributed by atoms with Crippen molar-refractivity contribution >= 4 is 23.2 Å². The van der Waals surface area contributed by atoms with Gasteiger partial charge in [-0.15, -0.1) is 0 Å². The zero-order valence-electron chi connectivity index (χ0n) is 9.01. The lowest BCUT2D eigenvalue weighted by molar-refractivity contribution is -0.385. The van der Waals surface area contributed by atoms with Crippen LogP contribution in [0.2, 0.25) is 5.02 Å². The number of aliphatic hydroxyl groups excluding tert-OH is 1. The minimum absolute atomic E-state index is 0.0836. The third-order valence-electron chi connectivity index (χ3n) is 2.05. The second-order valence-electron chi connectivity index (χ2n) is 3.48. The van der Waals surface area contributed by atoms with Crippen molar-refractivity contribution in [2.24, 2.45) is 0 Å². The summed E-state index contributed by atoms with van der Waals surface area (Å²) in [4.78, 5) is 21.8. The van der Waals surface area contributed by atoms with Gasteiger partial charge in [-0.05, 0) is 19.1 Å². The molecule has 1 atom stereocenters. The van der Waals surface area contributed by atoms with E-state index in [0.717, 1.165) is 6.07 Å². The van der Waals surface area contributed by atoms with E-state index in [-0.39, 0.29) is 22.9 Å². The Morgan fingerprint density at radius 1 is 1.65 bits per heavy atom. The van der Waals surface area contributed by atoms with Gasteiger partial charge in [0, 0.05) is 17.1 Å². The number of hydrogen-bond acceptors (Lipinski definition) is 4. The van der Waals surface area contributed by atoms with Crippen LogP contribution in [0, 0.1) is 10.1 Å². The van der Waals surface area contributed by atoms with Crippen molar-refractivity contribution in [3.63, 3.8) is 0 Å². The molecular weight excluding hydrogens is 248 g/mol. The standard InChI is InChI=1S/C10H11ClN2O4/c1-6(5-14)12-10(15)8-3-2-7(11)4-9(8)13(16)17/h2-4,6,14H,5H2,1H3,(H,12,15). The Hall–Kier alpha value is -1.66. The van der Waals surface area contributed by atoms with Gasteiger partial charge in [-0.1, -0.05) is 11.6 Å². The Balaban J connectivity index is 3.04. The van der Waals surface area contributed by atoms with Crippen LogP contribution in [0.15, 0.2) is 18.2 Å². The molecule has 0 fully saturated rings. The minimum atomic E-state index is -0.676. The molecule has 0 radical (unpaired) electrons. The van der Waals surface area contributed by atoms with Gasteiger partial charge in [0.05, 0.1) is 11.5 Å². The number of halogens is 1. The molecule has 0 saturated heterocycles. The van der Waals surface area contributed by atoms with Gasteiger partial charge < -0.3 is 10.4 Å². The molecule has 17 heavy (non-hydrogen) atoms. The second kappa shape index (κ2) is 5.60. The summed E-state index contributed by atoms with van der Waals surface area (Å²) < 4.78 is 0. The molecule has 92 valence electrons. The fourth-order valence-corrected chi connectivity index (χ4v) is 1.36. The molecule has 1 unspecified atom stereocenters. The first-order valence-corrected chi connectivity index (χ1v) is 5.19. The zero-order valence-corrected chi connectivity index (χ0v) is 9.77. The highest BCUT2D eigenvalue weighted by atomic mass is 35.5. The number of benzene rings is 1. The van der Waals surface area contributed by atoms with Crippen LogP contribution in [0.4, 0.5) is 5.69 Å². The molecule has 0 saturated carbocycles. The number of nitro groups is 1. The first-order chi connectivity index (χ1) is 7.95. The number of rotatable bonds is 4. The third-order valence-corrected chi connectivity index (χ3v) is 2.29. The maximum atomic E-state index is 11.7. The molecule has 0 aromatic heterocycles. The zero-order chi connectivity index (χ0) is 13.0. The SMILES string of the molecule is CC(CO)NC(=O)c1ccc(Cl)cc1[N+](=O)[O-]. The highest BCUT2D eigenvalue weighted by Gasteiger charge is 2.21. The molecule has 7 heteroatoms. The van der Waals surface area contributed by atoms with Crippen LogP contribution in [-0.2, 0) is 0 Å². The molecule has 0 aliphatic heterocycles. The fourth-order valence-electron chi connectivity index (χ4n) is 1.20. The number of carbonyl (C=O) groups excluding carboxylic acids is 1. The molecule has 0 bridgehead atoms. The van der Waals surface area contributed by atoms with Gasteiger partial charge in [0.25, 0.3) is 11.6 Å². The molecule has 2 N–H and O–H groups in total. The Morgan fingerprint density at radius 3 is 2.82 bits per heavy atom. The first kappa shape index (κ1) is 13.4. The lowest BCUT2D eigenvalue weighted by Crippen LogP contribution is -2.35. The maximum Gasteiger partial charge on any atom is 0.283 e. The van der Waals surface area contributed by atoms with E-state index in [9.17, 15) is 14.9 Å². The average molecular weight is 259 g/mol. The highest BCUT2D eigenvalue weighted by Crippen LogP contribution is 2.23. The van der Waals surface area contributed by atoms with Gasteiger partial charge in [-0.3, -0.25) is 14.9 Å². The van der Waals surface area contributed by atoms with Crippen molar-refractivity contribution in [1.29, 1.82) is 0 Å². The van der Waals surface area contributed by atoms with Gasteiger partial charge in [-0.25, -0.2) is 0 Å². The third kappa shape index (κ3) is 3.40. The predicted molar refractivity (Wildman–Crippen MR) is 62.1 cm³/mol. The van der Waals surface area contributed by atoms with Crippen LogP contribution in [-0.4, -0.2) is 28.6 Å². The monoisotopic (exact) mass is 258 g/mol. The van der Waals surface area contributed by atoms with Crippen molar-refractivity contribution in [2.75, 3.05) is 6.61 Å². The largest absolute Gasteiger partial charge is 0.394 e. The highest BCUT2D eigenvalue weighted by molar-refractivity contribution is 6.31. The molecule has 0 aliphatic carbocycles. The number of nitrogens with one attached hydrogen (secondary N) is 1. The molecule has 1 amide bonds. The Labute approximate surface area is 102 Å². The second-order valence-corrected chi connectivity index (χ2v) is 3.91. The summed E-state index contributed by atoms with van der Waals surface area (Å²) in [6.45, 7) is 1.34. The predicted octanol–water partition coefficient (Wildman–Crippen LogP) is 1.36. The summed E-state index contributed by atoms with van der Waals surface area (Å²) in [5.74, 6) is -0.616. The summed E-state index contributed by atoms with van der Waals surface area (Å²) in [6.07, 6.45) is 0. The van der Waals surface area contributed by atoms with E-state index in [1.807, 2.05) is 0 Å². The summed E-state index contributed by atoms with van der Waals surface area (Å²) in [7, 11) is 0. The van der Waals surface area contributed by atoms with Crippen molar-refractivity contribution in [3.8, 4) is 0 Å². The summed E-state index contributed by atoms with van der Waals surface area (Å²) in [5.41, 5.74) is -0.445. The van der Waals surface area contributed by atoms with Crippen LogP contribution in [0.5, 0.6) is 0 Å². The average Bonchev–Trinajstić information content (AvgIpc) is 2.28. The van der Waals surface area contributed by atoms with Gasteiger partial charge in [0.2, 0.25) is 0 Å². The number of amides is 1. The van der Waals surface area contributed by atoms with Gasteiger partial charge >= 0.3 is 0 Å². The van der Waals surface area contributed by atoms with Crippen LogP contribution < -0.4 is 5.32 Å². The smallest absolute Gasteiger partial charge is 0.283 e. The summed E-state index contributed by atoms with van der Waals surface area (Å²) in [6, 6.07) is 3.31. The van der Waals surface area contributed by atoms with Crippen LogP contribution in [0.25, 0.3) is 0 Å². The topological polar surface area (TPSA) is 92.5 Å². The van der Waals surface area contributed by atoms with Crippen LogP contribution >= 0.6 is 11.6 Å².